The molecule has 0 spiro atoms. The summed E-state index contributed by atoms with van der Waals surface area (Å²) in [5.74, 6) is 0. The topological polar surface area (TPSA) is 75.6 Å². The summed E-state index contributed by atoms with van der Waals surface area (Å²) in [5, 5.41) is 10.4. The van der Waals surface area contributed by atoms with Crippen molar-refractivity contribution in [1.29, 1.82) is 0 Å². The van der Waals surface area contributed by atoms with E-state index in [1.165, 1.54) is 6.92 Å². The Morgan fingerprint density at radius 1 is 1.26 bits per heavy atom. The van der Waals surface area contributed by atoms with Gasteiger partial charge in [-0.05, 0) is 26.8 Å². The summed E-state index contributed by atoms with van der Waals surface area (Å²) in [4.78, 5) is 0. The van der Waals surface area contributed by atoms with Gasteiger partial charge in [0.15, 0.2) is 0 Å². The zero-order valence-corrected chi connectivity index (χ0v) is 12.6. The zero-order valence-electron chi connectivity index (χ0n) is 11.0. The molecule has 1 aromatic rings. The van der Waals surface area contributed by atoms with Crippen molar-refractivity contribution in [3.63, 3.8) is 0 Å². The number of benzene rings is 1. The van der Waals surface area contributed by atoms with Crippen molar-refractivity contribution in [1.82, 2.24) is 4.72 Å². The maximum Gasteiger partial charge on any atom is 0.336 e. The van der Waals surface area contributed by atoms with Crippen molar-refractivity contribution >= 4 is 21.9 Å². The average molecular weight is 308 g/mol. The first-order chi connectivity index (χ1) is 8.73. The second-order valence-corrected chi connectivity index (χ2v) is 6.24. The van der Waals surface area contributed by atoms with Crippen LogP contribution in [0.1, 0.15) is 32.4 Å². The molecule has 108 valence electrons. The lowest BCUT2D eigenvalue weighted by Crippen LogP contribution is -2.35. The molecule has 1 aromatic carbocycles. The monoisotopic (exact) mass is 307 g/mol. The largest absolute Gasteiger partial charge is 0.386 e. The van der Waals surface area contributed by atoms with Crippen molar-refractivity contribution < 1.29 is 17.7 Å². The molecule has 0 saturated heterocycles. The SMILES string of the molecule is CC(C)NS(=O)(=O)O[C@@H](C)[C@@H](O)c1ccccc1Cl. The lowest BCUT2D eigenvalue weighted by molar-refractivity contribution is 0.0495. The number of aliphatic hydroxyl groups excluding tert-OH is 1. The van der Waals surface area contributed by atoms with Gasteiger partial charge >= 0.3 is 10.3 Å². The van der Waals surface area contributed by atoms with Crippen molar-refractivity contribution in [2.24, 2.45) is 0 Å². The highest BCUT2D eigenvalue weighted by Gasteiger charge is 2.25. The molecule has 0 unspecified atom stereocenters. The van der Waals surface area contributed by atoms with E-state index in [1.807, 2.05) is 0 Å². The molecule has 0 radical (unpaired) electrons. The zero-order chi connectivity index (χ0) is 14.6. The number of nitrogens with one attached hydrogen (secondary N) is 1. The Labute approximate surface area is 118 Å². The molecule has 0 aromatic heterocycles. The molecular formula is C12H18ClNO4S. The highest BCUT2D eigenvalue weighted by atomic mass is 35.5. The third-order valence-electron chi connectivity index (χ3n) is 2.33. The van der Waals surface area contributed by atoms with Crippen molar-refractivity contribution in [2.75, 3.05) is 0 Å². The molecule has 19 heavy (non-hydrogen) atoms. The second kappa shape index (κ2) is 6.67. The molecule has 0 bridgehead atoms. The quantitative estimate of drug-likeness (QED) is 0.843. The maximum atomic E-state index is 11.6. The van der Waals surface area contributed by atoms with Gasteiger partial charge in [0.25, 0.3) is 0 Å². The van der Waals surface area contributed by atoms with E-state index in [4.69, 9.17) is 15.8 Å². The van der Waals surface area contributed by atoms with Gasteiger partial charge in [-0.2, -0.15) is 13.1 Å². The van der Waals surface area contributed by atoms with Gasteiger partial charge in [0.05, 0.1) is 0 Å². The minimum absolute atomic E-state index is 0.283. The normalized spacial score (nSPS) is 15.5. The van der Waals surface area contributed by atoms with Crippen LogP contribution in [-0.4, -0.2) is 25.7 Å². The number of aliphatic hydroxyl groups is 1. The summed E-state index contributed by atoms with van der Waals surface area (Å²) in [5.41, 5.74) is 0.427. The van der Waals surface area contributed by atoms with Gasteiger partial charge in [0.1, 0.15) is 12.2 Å². The highest BCUT2D eigenvalue weighted by molar-refractivity contribution is 7.84. The number of halogens is 1. The van der Waals surface area contributed by atoms with Gasteiger partial charge < -0.3 is 5.11 Å². The Morgan fingerprint density at radius 3 is 2.37 bits per heavy atom. The van der Waals surface area contributed by atoms with E-state index in [1.54, 1.807) is 38.1 Å². The van der Waals surface area contributed by atoms with Crippen LogP contribution in [0.3, 0.4) is 0 Å². The average Bonchev–Trinajstić information content (AvgIpc) is 2.26. The van der Waals surface area contributed by atoms with Crippen molar-refractivity contribution in [2.45, 2.75) is 39.0 Å². The molecule has 7 heteroatoms. The summed E-state index contributed by atoms with van der Waals surface area (Å²) in [6, 6.07) is 6.39. The third kappa shape index (κ3) is 5.08. The molecule has 0 heterocycles. The summed E-state index contributed by atoms with van der Waals surface area (Å²) in [6.45, 7) is 4.82. The molecule has 2 N–H and O–H groups in total. The predicted octanol–water partition coefficient (Wildman–Crippen LogP) is 2.02. The molecule has 0 fully saturated rings. The van der Waals surface area contributed by atoms with Crippen molar-refractivity contribution in [3.8, 4) is 0 Å². The molecule has 0 amide bonds. The van der Waals surface area contributed by atoms with Crippen LogP contribution in [0.4, 0.5) is 0 Å². The van der Waals surface area contributed by atoms with E-state index < -0.39 is 22.5 Å². The molecule has 1 rings (SSSR count). The van der Waals surface area contributed by atoms with Gasteiger partial charge in [-0.3, -0.25) is 4.18 Å². The van der Waals surface area contributed by atoms with Crippen LogP contribution in [0.5, 0.6) is 0 Å². The van der Waals surface area contributed by atoms with Gasteiger partial charge in [0, 0.05) is 16.6 Å². The van der Waals surface area contributed by atoms with Gasteiger partial charge in [-0.1, -0.05) is 29.8 Å². The van der Waals surface area contributed by atoms with Crippen LogP contribution in [0, 0.1) is 0 Å². The standard InChI is InChI=1S/C12H18ClNO4S/c1-8(2)14-19(16,17)18-9(3)12(15)10-6-4-5-7-11(10)13/h4-9,12,14-15H,1-3H3/t9-,12+/m0/s1. The summed E-state index contributed by atoms with van der Waals surface area (Å²) >= 11 is 5.94. The Balaban J connectivity index is 2.79. The van der Waals surface area contributed by atoms with Crippen LogP contribution >= 0.6 is 11.6 Å². The number of hydrogen-bond acceptors (Lipinski definition) is 4. The van der Waals surface area contributed by atoms with Crippen LogP contribution in [0.15, 0.2) is 24.3 Å². The molecule has 0 aliphatic heterocycles. The van der Waals surface area contributed by atoms with Crippen LogP contribution in [0.2, 0.25) is 5.02 Å². The summed E-state index contributed by atoms with van der Waals surface area (Å²) in [6.07, 6.45) is -2.08. The highest BCUT2D eigenvalue weighted by Crippen LogP contribution is 2.26. The molecule has 5 nitrogen and oxygen atoms in total. The van der Waals surface area contributed by atoms with Gasteiger partial charge in [0.2, 0.25) is 0 Å². The van der Waals surface area contributed by atoms with E-state index in [0.717, 1.165) is 0 Å². The summed E-state index contributed by atoms with van der Waals surface area (Å²) < 4.78 is 30.3. The Kier molecular flexibility index (Phi) is 5.76. The second-order valence-electron chi connectivity index (χ2n) is 4.49. The lowest BCUT2D eigenvalue weighted by atomic mass is 10.1. The Bertz CT molecular complexity index is 518. The first kappa shape index (κ1) is 16.4. The Hall–Kier alpha value is -0.660. The van der Waals surface area contributed by atoms with Crippen molar-refractivity contribution in [3.05, 3.63) is 34.9 Å². The molecule has 0 aliphatic carbocycles. The first-order valence-electron chi connectivity index (χ1n) is 5.86. The fourth-order valence-corrected chi connectivity index (χ4v) is 2.92. The Morgan fingerprint density at radius 2 is 1.84 bits per heavy atom. The van der Waals surface area contributed by atoms with Crippen LogP contribution in [0.25, 0.3) is 0 Å². The number of hydrogen-bond donors (Lipinski definition) is 2. The van der Waals surface area contributed by atoms with Crippen LogP contribution < -0.4 is 4.72 Å². The molecule has 0 saturated carbocycles. The third-order valence-corrected chi connectivity index (χ3v) is 3.99. The molecule has 0 aliphatic rings. The lowest BCUT2D eigenvalue weighted by Gasteiger charge is -2.21. The molecule has 2 atom stereocenters. The van der Waals surface area contributed by atoms with E-state index in [9.17, 15) is 13.5 Å². The van der Waals surface area contributed by atoms with E-state index >= 15 is 0 Å². The number of rotatable bonds is 6. The molecular weight excluding hydrogens is 290 g/mol. The minimum Gasteiger partial charge on any atom is -0.386 e. The first-order valence-corrected chi connectivity index (χ1v) is 7.64. The summed E-state index contributed by atoms with van der Waals surface area (Å²) in [7, 11) is -3.90. The smallest absolute Gasteiger partial charge is 0.336 e. The van der Waals surface area contributed by atoms with Crippen LogP contribution in [-0.2, 0) is 14.5 Å². The van der Waals surface area contributed by atoms with E-state index in [0.29, 0.717) is 10.6 Å². The van der Waals surface area contributed by atoms with E-state index in [-0.39, 0.29) is 6.04 Å². The van der Waals surface area contributed by atoms with Gasteiger partial charge in [-0.25, -0.2) is 0 Å². The fraction of sp³-hybridized carbons (Fsp3) is 0.500. The predicted molar refractivity (Wildman–Crippen MR) is 74.2 cm³/mol. The van der Waals surface area contributed by atoms with Gasteiger partial charge in [-0.15, -0.1) is 0 Å². The minimum atomic E-state index is -3.90. The van der Waals surface area contributed by atoms with E-state index in [2.05, 4.69) is 4.72 Å². The fourth-order valence-electron chi connectivity index (χ4n) is 1.54. The maximum absolute atomic E-state index is 11.6.